The molecular weight excluding hydrogens is 316 g/mol. The van der Waals surface area contributed by atoms with Gasteiger partial charge in [0.25, 0.3) is 0 Å². The summed E-state index contributed by atoms with van der Waals surface area (Å²) in [5.41, 5.74) is 0.385. The summed E-state index contributed by atoms with van der Waals surface area (Å²) in [6.45, 7) is 0.625. The molecule has 6 nitrogen and oxygen atoms in total. The third-order valence-electron chi connectivity index (χ3n) is 3.43. The summed E-state index contributed by atoms with van der Waals surface area (Å²) < 4.78 is 38.2. The molecule has 1 aromatic heterocycles. The second kappa shape index (κ2) is 6.97. The smallest absolute Gasteiger partial charge is 0.235 e. The van der Waals surface area contributed by atoms with Gasteiger partial charge in [-0.25, -0.2) is 13.4 Å². The molecule has 2 heterocycles. The van der Waals surface area contributed by atoms with Crippen molar-refractivity contribution in [2.24, 2.45) is 0 Å². The number of para-hydroxylation sites is 2. The van der Waals surface area contributed by atoms with Gasteiger partial charge in [0, 0.05) is 18.9 Å². The van der Waals surface area contributed by atoms with Crippen LogP contribution in [0.4, 0.5) is 5.69 Å². The van der Waals surface area contributed by atoms with E-state index in [1.807, 2.05) is 0 Å². The minimum absolute atomic E-state index is 0.0507. The van der Waals surface area contributed by atoms with Gasteiger partial charge in [0.2, 0.25) is 15.9 Å². The Bertz CT molecular complexity index is 744. The summed E-state index contributed by atoms with van der Waals surface area (Å²) in [6.07, 6.45) is 3.04. The zero-order chi connectivity index (χ0) is 16.1. The number of nitrogens with one attached hydrogen (secondary N) is 1. The highest BCUT2D eigenvalue weighted by molar-refractivity contribution is 7.92. The molecule has 0 aliphatic carbocycles. The fourth-order valence-corrected chi connectivity index (χ4v) is 3.73. The molecule has 1 aliphatic heterocycles. The number of sulfonamides is 1. The van der Waals surface area contributed by atoms with Crippen LogP contribution in [0.2, 0.25) is 0 Å². The summed E-state index contributed by atoms with van der Waals surface area (Å²) in [5, 5.41) is 0. The number of rotatable bonds is 6. The van der Waals surface area contributed by atoms with Gasteiger partial charge in [0.05, 0.1) is 17.5 Å². The topological polar surface area (TPSA) is 77.5 Å². The highest BCUT2D eigenvalue weighted by Crippen LogP contribution is 2.29. The Balaban J connectivity index is 1.74. The average molecular weight is 334 g/mol. The van der Waals surface area contributed by atoms with Gasteiger partial charge in [-0.15, -0.1) is 0 Å². The van der Waals surface area contributed by atoms with Gasteiger partial charge >= 0.3 is 0 Å². The number of benzene rings is 1. The molecule has 1 unspecified atom stereocenters. The van der Waals surface area contributed by atoms with E-state index in [1.54, 1.807) is 48.7 Å². The first kappa shape index (κ1) is 15.8. The van der Waals surface area contributed by atoms with E-state index in [4.69, 9.17) is 9.47 Å². The van der Waals surface area contributed by atoms with E-state index in [0.29, 0.717) is 23.9 Å². The van der Waals surface area contributed by atoms with Crippen LogP contribution < -0.4 is 9.46 Å². The van der Waals surface area contributed by atoms with E-state index in [0.717, 1.165) is 12.8 Å². The van der Waals surface area contributed by atoms with Gasteiger partial charge in [-0.1, -0.05) is 18.2 Å². The number of aromatic nitrogens is 1. The molecule has 0 amide bonds. The van der Waals surface area contributed by atoms with Crippen LogP contribution in [0.25, 0.3) is 0 Å². The molecule has 0 radical (unpaired) electrons. The third kappa shape index (κ3) is 4.43. The molecule has 3 rings (SSSR count). The second-order valence-corrected chi connectivity index (χ2v) is 7.05. The molecule has 122 valence electrons. The first-order valence-electron chi connectivity index (χ1n) is 7.42. The predicted molar refractivity (Wildman–Crippen MR) is 87.1 cm³/mol. The van der Waals surface area contributed by atoms with Gasteiger partial charge in [-0.3, -0.25) is 4.72 Å². The van der Waals surface area contributed by atoms with Crippen molar-refractivity contribution in [3.63, 3.8) is 0 Å². The highest BCUT2D eigenvalue weighted by Gasteiger charge is 2.24. The van der Waals surface area contributed by atoms with E-state index in [9.17, 15) is 8.42 Å². The van der Waals surface area contributed by atoms with Gasteiger partial charge in [-0.05, 0) is 31.0 Å². The summed E-state index contributed by atoms with van der Waals surface area (Å²) in [6, 6.07) is 12.2. The molecule has 1 aromatic carbocycles. The molecule has 1 atom stereocenters. The highest BCUT2D eigenvalue weighted by atomic mass is 32.2. The second-order valence-electron chi connectivity index (χ2n) is 5.28. The third-order valence-corrected chi connectivity index (χ3v) is 4.78. The van der Waals surface area contributed by atoms with Crippen molar-refractivity contribution in [3.8, 4) is 11.6 Å². The van der Waals surface area contributed by atoms with Gasteiger partial charge < -0.3 is 9.47 Å². The predicted octanol–water partition coefficient (Wildman–Crippen LogP) is 2.79. The van der Waals surface area contributed by atoms with Crippen LogP contribution in [0.1, 0.15) is 12.8 Å². The zero-order valence-corrected chi connectivity index (χ0v) is 13.3. The van der Waals surface area contributed by atoms with Gasteiger partial charge in [0.1, 0.15) is 0 Å². The van der Waals surface area contributed by atoms with Crippen LogP contribution in [0.15, 0.2) is 48.7 Å². The van der Waals surface area contributed by atoms with E-state index in [-0.39, 0.29) is 11.9 Å². The van der Waals surface area contributed by atoms with Crippen molar-refractivity contribution >= 4 is 15.7 Å². The monoisotopic (exact) mass is 334 g/mol. The maximum atomic E-state index is 12.3. The lowest BCUT2D eigenvalue weighted by Crippen LogP contribution is -2.25. The SMILES string of the molecule is O=S(=O)(CC1CCCO1)Nc1ccccc1Oc1ccccn1. The fourth-order valence-electron chi connectivity index (χ4n) is 2.39. The van der Waals surface area contributed by atoms with Crippen molar-refractivity contribution in [1.82, 2.24) is 4.98 Å². The Morgan fingerprint density at radius 3 is 2.78 bits per heavy atom. The molecule has 1 saturated heterocycles. The molecule has 0 bridgehead atoms. The number of ether oxygens (including phenoxy) is 2. The van der Waals surface area contributed by atoms with Crippen molar-refractivity contribution in [2.75, 3.05) is 17.1 Å². The minimum Gasteiger partial charge on any atom is -0.437 e. The standard InChI is InChI=1S/C16H18N2O4S/c19-23(20,12-13-6-5-11-21-13)18-14-7-1-2-8-15(14)22-16-9-3-4-10-17-16/h1-4,7-10,13,18H,5-6,11-12H2. The van der Waals surface area contributed by atoms with E-state index in [2.05, 4.69) is 9.71 Å². The summed E-state index contributed by atoms with van der Waals surface area (Å²) in [4.78, 5) is 4.08. The maximum Gasteiger partial charge on any atom is 0.235 e. The first-order chi connectivity index (χ1) is 11.1. The van der Waals surface area contributed by atoms with Crippen molar-refractivity contribution < 1.29 is 17.9 Å². The van der Waals surface area contributed by atoms with E-state index >= 15 is 0 Å². The summed E-state index contributed by atoms with van der Waals surface area (Å²) in [7, 11) is -3.51. The van der Waals surface area contributed by atoms with Crippen LogP contribution in [0, 0.1) is 0 Å². The Morgan fingerprint density at radius 2 is 2.04 bits per heavy atom. The number of nitrogens with zero attached hydrogens (tertiary/aromatic N) is 1. The molecular formula is C16H18N2O4S. The minimum atomic E-state index is -3.51. The fraction of sp³-hybridized carbons (Fsp3) is 0.312. The molecule has 1 aliphatic rings. The van der Waals surface area contributed by atoms with Gasteiger partial charge in [-0.2, -0.15) is 0 Å². The van der Waals surface area contributed by atoms with Crippen molar-refractivity contribution in [3.05, 3.63) is 48.7 Å². The number of hydrogen-bond acceptors (Lipinski definition) is 5. The Kier molecular flexibility index (Phi) is 4.78. The normalized spacial score (nSPS) is 17.8. The molecule has 0 saturated carbocycles. The van der Waals surface area contributed by atoms with Crippen LogP contribution in [0.5, 0.6) is 11.6 Å². The average Bonchev–Trinajstić information content (AvgIpc) is 3.02. The maximum absolute atomic E-state index is 12.3. The van der Waals surface area contributed by atoms with Crippen LogP contribution in [0.3, 0.4) is 0 Å². The zero-order valence-electron chi connectivity index (χ0n) is 12.5. The van der Waals surface area contributed by atoms with Crippen LogP contribution >= 0.6 is 0 Å². The number of hydrogen-bond donors (Lipinski definition) is 1. The molecule has 1 N–H and O–H groups in total. The molecule has 0 spiro atoms. The Labute approximate surface area is 135 Å². The molecule has 2 aromatic rings. The quantitative estimate of drug-likeness (QED) is 0.879. The summed E-state index contributed by atoms with van der Waals surface area (Å²) in [5.74, 6) is 0.755. The van der Waals surface area contributed by atoms with E-state index in [1.165, 1.54) is 0 Å². The molecule has 23 heavy (non-hydrogen) atoms. The van der Waals surface area contributed by atoms with Gasteiger partial charge in [0.15, 0.2) is 5.75 Å². The molecule has 7 heteroatoms. The Hall–Kier alpha value is -2.12. The number of pyridine rings is 1. The van der Waals surface area contributed by atoms with Crippen molar-refractivity contribution in [2.45, 2.75) is 18.9 Å². The first-order valence-corrected chi connectivity index (χ1v) is 9.08. The largest absolute Gasteiger partial charge is 0.437 e. The lowest BCUT2D eigenvalue weighted by molar-refractivity contribution is 0.127. The number of anilines is 1. The lowest BCUT2D eigenvalue weighted by Gasteiger charge is -2.14. The van der Waals surface area contributed by atoms with E-state index < -0.39 is 10.0 Å². The lowest BCUT2D eigenvalue weighted by atomic mass is 10.3. The van der Waals surface area contributed by atoms with Crippen LogP contribution in [-0.4, -0.2) is 31.9 Å². The van der Waals surface area contributed by atoms with Crippen molar-refractivity contribution in [1.29, 1.82) is 0 Å². The molecule has 1 fully saturated rings. The van der Waals surface area contributed by atoms with Crippen LogP contribution in [-0.2, 0) is 14.8 Å². The Morgan fingerprint density at radius 1 is 1.22 bits per heavy atom. The summed E-state index contributed by atoms with van der Waals surface area (Å²) >= 11 is 0.